The molecule has 0 radical (unpaired) electrons. The molecule has 1 heterocycles. The van der Waals surface area contributed by atoms with E-state index in [4.69, 9.17) is 21.1 Å². The zero-order valence-electron chi connectivity index (χ0n) is 10.7. The van der Waals surface area contributed by atoms with E-state index in [1.54, 1.807) is 0 Å². The smallest absolute Gasteiger partial charge is 0.322 e. The lowest BCUT2D eigenvalue weighted by atomic mass is 10.4. The van der Waals surface area contributed by atoms with Gasteiger partial charge in [-0.2, -0.15) is 14.4 Å². The molecule has 0 spiro atoms. The number of halogens is 2. The second kappa shape index (κ2) is 8.08. The first kappa shape index (κ1) is 15.0. The number of hydrogen-bond acceptors (Lipinski definition) is 4. The normalized spacial score (nSPS) is 10.4. The molecule has 0 bridgehead atoms. The third kappa shape index (κ3) is 4.64. The minimum absolute atomic E-state index is 0.0307. The Bertz CT molecular complexity index is 377. The number of aromatic nitrogens is 2. The molecular weight excluding hydrogens is 259 g/mol. The van der Waals surface area contributed by atoms with Crippen molar-refractivity contribution in [2.45, 2.75) is 39.5 Å². The van der Waals surface area contributed by atoms with Gasteiger partial charge in [0.2, 0.25) is 11.8 Å². The van der Waals surface area contributed by atoms with Gasteiger partial charge in [0.25, 0.3) is 0 Å². The van der Waals surface area contributed by atoms with E-state index in [-0.39, 0.29) is 16.9 Å². The molecule has 0 saturated carbocycles. The zero-order chi connectivity index (χ0) is 13.4. The lowest BCUT2D eigenvalue weighted by Crippen LogP contribution is -2.06. The van der Waals surface area contributed by atoms with E-state index >= 15 is 0 Å². The van der Waals surface area contributed by atoms with E-state index in [1.165, 1.54) is 0 Å². The van der Waals surface area contributed by atoms with Crippen LogP contribution in [0.15, 0.2) is 0 Å². The quantitative estimate of drug-likeness (QED) is 0.537. The first-order chi connectivity index (χ1) is 8.69. The fourth-order valence-corrected chi connectivity index (χ4v) is 1.30. The molecule has 1 rings (SSSR count). The maximum atomic E-state index is 13.4. The third-order valence-electron chi connectivity index (χ3n) is 2.23. The predicted molar refractivity (Wildman–Crippen MR) is 67.8 cm³/mol. The van der Waals surface area contributed by atoms with Gasteiger partial charge in [-0.25, -0.2) is 0 Å². The monoisotopic (exact) mass is 276 g/mol. The largest absolute Gasteiger partial charge is 0.476 e. The minimum Gasteiger partial charge on any atom is -0.476 e. The van der Waals surface area contributed by atoms with Crippen molar-refractivity contribution in [2.24, 2.45) is 0 Å². The Balaban J connectivity index is 2.69. The zero-order valence-corrected chi connectivity index (χ0v) is 11.5. The Kier molecular flexibility index (Phi) is 6.72. The fraction of sp³-hybridized carbons (Fsp3) is 0.667. The maximum absolute atomic E-state index is 13.4. The van der Waals surface area contributed by atoms with Crippen molar-refractivity contribution in [3.63, 3.8) is 0 Å². The number of rotatable bonds is 8. The summed E-state index contributed by atoms with van der Waals surface area (Å²) in [4.78, 5) is 7.47. The fourth-order valence-electron chi connectivity index (χ4n) is 1.16. The van der Waals surface area contributed by atoms with Gasteiger partial charge in [0, 0.05) is 0 Å². The van der Waals surface area contributed by atoms with Crippen molar-refractivity contribution in [3.8, 4) is 11.9 Å². The van der Waals surface area contributed by atoms with Gasteiger partial charge in [-0.05, 0) is 12.8 Å². The van der Waals surface area contributed by atoms with Gasteiger partial charge < -0.3 is 9.47 Å². The molecule has 0 fully saturated rings. The molecular formula is C12H18ClFN2O2. The van der Waals surface area contributed by atoms with Crippen LogP contribution < -0.4 is 9.47 Å². The average Bonchev–Trinajstić information content (AvgIpc) is 2.35. The van der Waals surface area contributed by atoms with Crippen LogP contribution in [0.4, 0.5) is 4.39 Å². The molecule has 0 aliphatic rings. The summed E-state index contributed by atoms with van der Waals surface area (Å²) >= 11 is 5.72. The van der Waals surface area contributed by atoms with E-state index in [9.17, 15) is 4.39 Å². The lowest BCUT2D eigenvalue weighted by Gasteiger charge is -2.09. The number of nitrogens with zero attached hydrogens (tertiary/aromatic N) is 2. The molecule has 4 nitrogen and oxygen atoms in total. The van der Waals surface area contributed by atoms with Crippen molar-refractivity contribution in [1.82, 2.24) is 9.97 Å². The topological polar surface area (TPSA) is 44.2 Å². The van der Waals surface area contributed by atoms with Gasteiger partial charge in [-0.1, -0.05) is 38.3 Å². The maximum Gasteiger partial charge on any atom is 0.322 e. The van der Waals surface area contributed by atoms with Gasteiger partial charge in [-0.3, -0.25) is 0 Å². The van der Waals surface area contributed by atoms with Crippen LogP contribution in [0.5, 0.6) is 11.9 Å². The van der Waals surface area contributed by atoms with Crippen molar-refractivity contribution in [1.29, 1.82) is 0 Å². The highest BCUT2D eigenvalue weighted by atomic mass is 35.5. The molecule has 0 unspecified atom stereocenters. The van der Waals surface area contributed by atoms with Crippen LogP contribution in [0.3, 0.4) is 0 Å². The summed E-state index contributed by atoms with van der Waals surface area (Å²) in [6.45, 7) is 4.96. The number of hydrogen-bond donors (Lipinski definition) is 0. The van der Waals surface area contributed by atoms with Crippen LogP contribution in [0, 0.1) is 5.95 Å². The molecule has 0 N–H and O–H groups in total. The lowest BCUT2D eigenvalue weighted by molar-refractivity contribution is 0.258. The number of ether oxygens (including phenoxy) is 2. The van der Waals surface area contributed by atoms with Crippen LogP contribution >= 0.6 is 11.6 Å². The highest BCUT2D eigenvalue weighted by Crippen LogP contribution is 2.26. The molecule has 0 aliphatic carbocycles. The van der Waals surface area contributed by atoms with Crippen molar-refractivity contribution < 1.29 is 13.9 Å². The van der Waals surface area contributed by atoms with E-state index in [0.717, 1.165) is 25.7 Å². The first-order valence-electron chi connectivity index (χ1n) is 6.17. The van der Waals surface area contributed by atoms with Gasteiger partial charge in [0.05, 0.1) is 13.2 Å². The van der Waals surface area contributed by atoms with Gasteiger partial charge in [-0.15, -0.1) is 0 Å². The second-order valence-corrected chi connectivity index (χ2v) is 4.20. The van der Waals surface area contributed by atoms with Crippen LogP contribution in [0.25, 0.3) is 0 Å². The highest BCUT2D eigenvalue weighted by molar-refractivity contribution is 6.31. The summed E-state index contributed by atoms with van der Waals surface area (Å²) in [6.07, 6.45) is 3.68. The highest BCUT2D eigenvalue weighted by Gasteiger charge is 2.14. The Morgan fingerprint density at radius 3 is 2.28 bits per heavy atom. The summed E-state index contributed by atoms with van der Waals surface area (Å²) in [5.74, 6) is -0.770. The van der Waals surface area contributed by atoms with Crippen molar-refractivity contribution >= 4 is 11.6 Å². The summed E-state index contributed by atoms with van der Waals surface area (Å²) in [5.41, 5.74) is 0. The Hall–Kier alpha value is -1.10. The van der Waals surface area contributed by atoms with Crippen LogP contribution in [-0.4, -0.2) is 23.2 Å². The second-order valence-electron chi connectivity index (χ2n) is 3.82. The third-order valence-corrected chi connectivity index (χ3v) is 2.54. The molecule has 0 aliphatic heterocycles. The van der Waals surface area contributed by atoms with Gasteiger partial charge in [0.1, 0.15) is 0 Å². The average molecular weight is 277 g/mol. The summed E-state index contributed by atoms with van der Waals surface area (Å²) in [6, 6.07) is -0.0307. The Morgan fingerprint density at radius 1 is 1.06 bits per heavy atom. The molecule has 102 valence electrons. The van der Waals surface area contributed by atoms with Crippen molar-refractivity contribution in [2.75, 3.05) is 13.2 Å². The van der Waals surface area contributed by atoms with Gasteiger partial charge >= 0.3 is 6.01 Å². The minimum atomic E-state index is -0.815. The summed E-state index contributed by atoms with van der Waals surface area (Å²) in [5, 5.41) is -0.200. The molecule has 18 heavy (non-hydrogen) atoms. The standard InChI is InChI=1S/C12H18ClFN2O2/c1-3-5-7-17-11-9(13)10(14)15-12(16-11)18-8-6-4-2/h3-8H2,1-2H3. The molecule has 1 aromatic rings. The van der Waals surface area contributed by atoms with Crippen LogP contribution in [-0.2, 0) is 0 Å². The van der Waals surface area contributed by atoms with Crippen molar-refractivity contribution in [3.05, 3.63) is 11.0 Å². The first-order valence-corrected chi connectivity index (χ1v) is 6.55. The van der Waals surface area contributed by atoms with E-state index in [1.807, 2.05) is 13.8 Å². The summed E-state index contributed by atoms with van der Waals surface area (Å²) < 4.78 is 23.9. The van der Waals surface area contributed by atoms with Gasteiger partial charge in [0.15, 0.2) is 5.02 Å². The molecule has 1 aromatic heterocycles. The predicted octanol–water partition coefficient (Wildman–Crippen LogP) is 3.63. The molecule has 0 atom stereocenters. The molecule has 6 heteroatoms. The van der Waals surface area contributed by atoms with E-state index < -0.39 is 5.95 Å². The van der Waals surface area contributed by atoms with Crippen LogP contribution in [0.1, 0.15) is 39.5 Å². The Morgan fingerprint density at radius 2 is 1.67 bits per heavy atom. The Labute approximate surface area is 111 Å². The SMILES string of the molecule is CCCCOc1nc(F)c(Cl)c(OCCCC)n1. The van der Waals surface area contributed by atoms with Crippen LogP contribution in [0.2, 0.25) is 5.02 Å². The molecule has 0 aromatic carbocycles. The molecule has 0 saturated heterocycles. The summed E-state index contributed by atoms with van der Waals surface area (Å²) in [7, 11) is 0. The number of unbranched alkanes of at least 4 members (excludes halogenated alkanes) is 2. The van der Waals surface area contributed by atoms with E-state index in [2.05, 4.69) is 9.97 Å². The molecule has 0 amide bonds. The van der Waals surface area contributed by atoms with E-state index in [0.29, 0.717) is 13.2 Å².